The average Bonchev–Trinajstić information content (AvgIpc) is 3.41. The molecule has 2 aromatic rings. The van der Waals surface area contributed by atoms with Crippen LogP contribution in [-0.2, 0) is 12.8 Å². The van der Waals surface area contributed by atoms with Gasteiger partial charge in [0.1, 0.15) is 5.57 Å². The van der Waals surface area contributed by atoms with Crippen molar-refractivity contribution < 1.29 is 4.70 Å². The van der Waals surface area contributed by atoms with E-state index in [-0.39, 0.29) is 0 Å². The van der Waals surface area contributed by atoms with Gasteiger partial charge in [0.15, 0.2) is 0 Å². The zero-order chi connectivity index (χ0) is 35.7. The highest BCUT2D eigenvalue weighted by molar-refractivity contribution is 5.85. The van der Waals surface area contributed by atoms with Gasteiger partial charge in [0.2, 0.25) is 11.4 Å². The Morgan fingerprint density at radius 1 is 0.440 bits per heavy atom. The zero-order valence-corrected chi connectivity index (χ0v) is 32.9. The highest BCUT2D eigenvalue weighted by atomic mass is 15.2. The Bertz CT molecular complexity index is 1350. The molecule has 0 saturated heterocycles. The third-order valence-electron chi connectivity index (χ3n) is 10.5. The fourth-order valence-corrected chi connectivity index (χ4v) is 7.26. The Labute approximate surface area is 309 Å². The van der Waals surface area contributed by atoms with Gasteiger partial charge in [-0.05, 0) is 80.3 Å². The lowest BCUT2D eigenvalue weighted by molar-refractivity contribution is -0.345. The summed E-state index contributed by atoms with van der Waals surface area (Å²) in [6.45, 7) is 9.05. The van der Waals surface area contributed by atoms with Gasteiger partial charge >= 0.3 is 0 Å². The van der Waals surface area contributed by atoms with E-state index >= 15 is 0 Å². The van der Waals surface area contributed by atoms with Gasteiger partial charge in [0, 0.05) is 23.1 Å². The van der Waals surface area contributed by atoms with Gasteiger partial charge in [0.25, 0.3) is 0 Å². The first-order valence-corrected chi connectivity index (χ1v) is 21.3. The molecule has 1 heterocycles. The van der Waals surface area contributed by atoms with E-state index in [0.717, 1.165) is 73.0 Å². The molecular formula is C48H72N2. The Morgan fingerprint density at radius 3 is 1.34 bits per heavy atom. The summed E-state index contributed by atoms with van der Waals surface area (Å²) in [4.78, 5) is 0. The van der Waals surface area contributed by atoms with Crippen molar-refractivity contribution in [3.8, 4) is 11.8 Å². The first kappa shape index (κ1) is 41.5. The Morgan fingerprint density at radius 2 is 0.840 bits per heavy atom. The molecule has 0 bridgehead atoms. The van der Waals surface area contributed by atoms with Crippen molar-refractivity contribution in [2.45, 2.75) is 195 Å². The first-order valence-electron chi connectivity index (χ1n) is 21.3. The molecule has 2 nitrogen and oxygen atoms in total. The van der Waals surface area contributed by atoms with Crippen LogP contribution < -0.4 is 0 Å². The van der Waals surface area contributed by atoms with Gasteiger partial charge in [-0.25, -0.2) is 4.70 Å². The second kappa shape index (κ2) is 25.9. The molecule has 0 unspecified atom stereocenters. The molecule has 0 radical (unpaired) electrons. The molecule has 274 valence electrons. The number of allylic oxidation sites excluding steroid dienone is 2. The van der Waals surface area contributed by atoms with Crippen molar-refractivity contribution in [1.29, 1.82) is 0 Å². The van der Waals surface area contributed by atoms with Crippen LogP contribution in [0.2, 0.25) is 0 Å². The summed E-state index contributed by atoms with van der Waals surface area (Å²) in [5.74, 6) is 7.20. The number of aryl methyl sites for hydroxylation is 2. The molecule has 0 fully saturated rings. The molecule has 1 aliphatic heterocycles. The molecular weight excluding hydrogens is 605 g/mol. The molecule has 0 saturated carbocycles. The predicted octanol–water partition coefficient (Wildman–Crippen LogP) is 15.4. The average molecular weight is 677 g/mol. The minimum Gasteiger partial charge on any atom is -0.493 e. The van der Waals surface area contributed by atoms with Crippen LogP contribution in [0.15, 0.2) is 59.7 Å². The van der Waals surface area contributed by atoms with Gasteiger partial charge in [0.05, 0.1) is 0 Å². The fourth-order valence-electron chi connectivity index (χ4n) is 7.26. The quantitative estimate of drug-likeness (QED) is 0.0511. The van der Waals surface area contributed by atoms with Crippen molar-refractivity contribution >= 4 is 11.4 Å². The van der Waals surface area contributed by atoms with Crippen molar-refractivity contribution in [3.63, 3.8) is 0 Å². The maximum Gasteiger partial charge on any atom is 0.223 e. The van der Waals surface area contributed by atoms with Crippen LogP contribution in [0.1, 0.15) is 204 Å². The minimum atomic E-state index is 0.851. The third kappa shape index (κ3) is 14.7. The van der Waals surface area contributed by atoms with Gasteiger partial charge in [-0.15, -0.1) is 0 Å². The normalized spacial score (nSPS) is 13.0. The van der Waals surface area contributed by atoms with E-state index in [1.165, 1.54) is 143 Å². The lowest BCUT2D eigenvalue weighted by Gasteiger charge is -2.10. The van der Waals surface area contributed by atoms with Gasteiger partial charge in [-0.3, -0.25) is 0 Å². The van der Waals surface area contributed by atoms with Crippen LogP contribution in [0.4, 0.5) is 0 Å². The maximum absolute atomic E-state index is 11.9. The molecule has 1 aliphatic rings. The van der Waals surface area contributed by atoms with Crippen LogP contribution in [0, 0.1) is 11.8 Å². The van der Waals surface area contributed by atoms with Crippen LogP contribution in [0.5, 0.6) is 0 Å². The molecule has 0 N–H and O–H groups in total. The van der Waals surface area contributed by atoms with E-state index in [1.54, 1.807) is 0 Å². The SMILES string of the molecule is CCCCCCCCCCCCCCCCCC#CC1=C(c2ccc(CCCC)cc2)[N+](=[N-])C(c2ccc(CCCCC)cc2)=C1CCCC. The van der Waals surface area contributed by atoms with Gasteiger partial charge in [-0.1, -0.05) is 179 Å². The summed E-state index contributed by atoms with van der Waals surface area (Å²) in [6, 6.07) is 17.8. The van der Waals surface area contributed by atoms with Gasteiger partial charge < -0.3 is 5.53 Å². The number of hydrogen-bond acceptors (Lipinski definition) is 0. The van der Waals surface area contributed by atoms with E-state index in [1.807, 2.05) is 0 Å². The zero-order valence-electron chi connectivity index (χ0n) is 32.9. The number of hydrogen-bond donors (Lipinski definition) is 0. The molecule has 0 aliphatic carbocycles. The monoisotopic (exact) mass is 677 g/mol. The minimum absolute atomic E-state index is 0.851. The molecule has 0 aromatic heterocycles. The van der Waals surface area contributed by atoms with E-state index in [9.17, 15) is 5.53 Å². The fraction of sp³-hybridized carbons (Fsp3) is 0.625. The molecule has 2 aromatic carbocycles. The molecule has 0 atom stereocenters. The van der Waals surface area contributed by atoms with Crippen molar-refractivity contribution in [2.24, 2.45) is 0 Å². The third-order valence-corrected chi connectivity index (χ3v) is 10.5. The van der Waals surface area contributed by atoms with Crippen LogP contribution in [0.3, 0.4) is 0 Å². The molecule has 3 rings (SSSR count). The standard InChI is InChI=1S/C48H72N2/c1-5-9-13-14-15-16-17-18-19-20-21-22-23-24-25-26-28-32-46-45(31-12-8-4)47(43-39-35-42(36-40-43)30-27-10-6-2)50(49)48(46)44-37-33-41(34-38-44)29-11-7-3/h33-40H,5-27,29-31H2,1-4H3. The lowest BCUT2D eigenvalue weighted by atomic mass is 9.95. The summed E-state index contributed by atoms with van der Waals surface area (Å²) >= 11 is 0. The Hall–Kier alpha value is -2.92. The van der Waals surface area contributed by atoms with Crippen LogP contribution in [0.25, 0.3) is 16.9 Å². The summed E-state index contributed by atoms with van der Waals surface area (Å²) in [5, 5.41) is 0. The van der Waals surface area contributed by atoms with E-state index < -0.39 is 0 Å². The highest BCUT2D eigenvalue weighted by Gasteiger charge is 2.35. The van der Waals surface area contributed by atoms with Crippen molar-refractivity contribution in [3.05, 3.63) is 87.5 Å². The number of nitrogens with zero attached hydrogens (tertiary/aromatic N) is 2. The molecule has 0 spiro atoms. The summed E-state index contributed by atoms with van der Waals surface area (Å²) < 4.78 is 1.47. The van der Waals surface area contributed by atoms with Gasteiger partial charge in [-0.2, -0.15) is 0 Å². The number of unbranched alkanes of at least 4 members (excludes halogenated alkanes) is 19. The topological polar surface area (TPSA) is 25.3 Å². The summed E-state index contributed by atoms with van der Waals surface area (Å²) in [6.07, 6.45) is 33.0. The number of benzene rings is 2. The lowest BCUT2D eigenvalue weighted by Crippen LogP contribution is -2.03. The number of rotatable bonds is 27. The highest BCUT2D eigenvalue weighted by Crippen LogP contribution is 2.42. The van der Waals surface area contributed by atoms with Crippen LogP contribution >= 0.6 is 0 Å². The second-order valence-corrected chi connectivity index (χ2v) is 14.9. The van der Waals surface area contributed by atoms with Crippen molar-refractivity contribution in [2.75, 3.05) is 0 Å². The molecule has 0 amide bonds. The predicted molar refractivity (Wildman–Crippen MR) is 219 cm³/mol. The van der Waals surface area contributed by atoms with E-state index in [2.05, 4.69) is 88.1 Å². The Balaban J connectivity index is 1.64. The maximum atomic E-state index is 11.9. The second-order valence-electron chi connectivity index (χ2n) is 14.9. The summed E-state index contributed by atoms with van der Waals surface area (Å²) in [7, 11) is 0. The van der Waals surface area contributed by atoms with Crippen molar-refractivity contribution in [1.82, 2.24) is 0 Å². The van der Waals surface area contributed by atoms with Crippen LogP contribution in [-0.4, -0.2) is 4.70 Å². The summed E-state index contributed by atoms with van der Waals surface area (Å²) in [5.41, 5.74) is 20.8. The smallest absolute Gasteiger partial charge is 0.223 e. The Kier molecular flexibility index (Phi) is 21.5. The van der Waals surface area contributed by atoms with E-state index in [4.69, 9.17) is 0 Å². The largest absolute Gasteiger partial charge is 0.493 e. The molecule has 50 heavy (non-hydrogen) atoms. The molecule has 2 heteroatoms. The van der Waals surface area contributed by atoms with E-state index in [0.29, 0.717) is 0 Å². The first-order chi connectivity index (χ1) is 24.6.